The summed E-state index contributed by atoms with van der Waals surface area (Å²) in [5, 5.41) is 9.03. The van der Waals surface area contributed by atoms with Crippen LogP contribution in [0.5, 0.6) is 0 Å². The fourth-order valence-corrected chi connectivity index (χ4v) is 1.98. The van der Waals surface area contributed by atoms with Gasteiger partial charge in [0.2, 0.25) is 0 Å². The van der Waals surface area contributed by atoms with Crippen molar-refractivity contribution in [2.45, 2.75) is 40.0 Å². The van der Waals surface area contributed by atoms with E-state index in [2.05, 4.69) is 32.9 Å². The maximum atomic E-state index is 9.03. The van der Waals surface area contributed by atoms with Crippen molar-refractivity contribution in [3.63, 3.8) is 0 Å². The van der Waals surface area contributed by atoms with Crippen LogP contribution in [0, 0.1) is 17.2 Å². The van der Waals surface area contributed by atoms with Gasteiger partial charge in [-0.15, -0.1) is 0 Å². The molecule has 0 heterocycles. The Hall–Kier alpha value is -1.29. The van der Waals surface area contributed by atoms with Crippen molar-refractivity contribution >= 4 is 0 Å². The molecule has 0 bridgehead atoms. The average Bonchev–Trinajstić information content (AvgIpc) is 2.28. The van der Waals surface area contributed by atoms with Crippen molar-refractivity contribution in [3.8, 4) is 6.07 Å². The fourth-order valence-electron chi connectivity index (χ4n) is 1.98. The van der Waals surface area contributed by atoms with Crippen molar-refractivity contribution in [3.05, 3.63) is 40.8 Å². The van der Waals surface area contributed by atoms with Crippen LogP contribution in [-0.2, 0) is 6.42 Å². The lowest BCUT2D eigenvalue weighted by Crippen LogP contribution is -2.01. The van der Waals surface area contributed by atoms with Crippen molar-refractivity contribution in [1.82, 2.24) is 0 Å². The highest BCUT2D eigenvalue weighted by molar-refractivity contribution is 5.48. The lowest BCUT2D eigenvalue weighted by molar-refractivity contribution is 0.820. The molecule has 1 radical (unpaired) electrons. The minimum absolute atomic E-state index is 0.824. The first-order valence-electron chi connectivity index (χ1n) is 5.59. The summed E-state index contributed by atoms with van der Waals surface area (Å²) < 4.78 is 0. The van der Waals surface area contributed by atoms with Crippen LogP contribution in [-0.4, -0.2) is 0 Å². The lowest BCUT2D eigenvalue weighted by atomic mass is 9.89. The molecule has 0 aliphatic heterocycles. The Morgan fingerprint density at radius 2 is 2.07 bits per heavy atom. The predicted octanol–water partition coefficient (Wildman–Crippen LogP) is 3.86. The maximum absolute atomic E-state index is 9.03. The Morgan fingerprint density at radius 1 is 1.33 bits per heavy atom. The summed E-state index contributed by atoms with van der Waals surface area (Å²) in [7, 11) is 0. The fraction of sp³-hybridized carbons (Fsp3) is 0.429. The summed E-state index contributed by atoms with van der Waals surface area (Å²) in [4.78, 5) is 0. The lowest BCUT2D eigenvalue weighted by Gasteiger charge is -2.15. The first kappa shape index (κ1) is 11.8. The summed E-state index contributed by atoms with van der Waals surface area (Å²) in [6.45, 7) is 6.46. The van der Waals surface area contributed by atoms with Gasteiger partial charge in [-0.05, 0) is 30.0 Å². The zero-order valence-electron chi connectivity index (χ0n) is 9.80. The van der Waals surface area contributed by atoms with Gasteiger partial charge in [-0.1, -0.05) is 39.3 Å². The Balaban J connectivity index is 3.12. The molecule has 0 aliphatic carbocycles. The second kappa shape index (κ2) is 5.56. The van der Waals surface area contributed by atoms with Gasteiger partial charge in [-0.25, -0.2) is 0 Å². The number of nitrogens with zero attached hydrogens (tertiary/aromatic N) is 1. The zero-order valence-corrected chi connectivity index (χ0v) is 9.80. The molecule has 1 rings (SSSR count). The number of nitriles is 1. The molecular formula is C14H18N. The monoisotopic (exact) mass is 200 g/mol. The molecule has 0 N–H and O–H groups in total. The minimum atomic E-state index is 0.824. The highest BCUT2D eigenvalue weighted by Gasteiger charge is 2.12. The molecule has 15 heavy (non-hydrogen) atoms. The van der Waals surface area contributed by atoms with E-state index in [1.54, 1.807) is 0 Å². The average molecular weight is 200 g/mol. The SMILES string of the molecule is CCC[C](C)c1cccc(C#N)c1CC. The summed E-state index contributed by atoms with van der Waals surface area (Å²) in [6.07, 6.45) is 3.20. The van der Waals surface area contributed by atoms with Gasteiger partial charge in [0, 0.05) is 5.92 Å². The van der Waals surface area contributed by atoms with E-state index in [-0.39, 0.29) is 0 Å². The summed E-state index contributed by atoms with van der Waals surface area (Å²) in [5.74, 6) is 1.39. The number of rotatable bonds is 4. The van der Waals surface area contributed by atoms with Gasteiger partial charge in [-0.3, -0.25) is 0 Å². The van der Waals surface area contributed by atoms with Gasteiger partial charge in [-0.2, -0.15) is 5.26 Å². The Kier molecular flexibility index (Phi) is 4.37. The van der Waals surface area contributed by atoms with Gasteiger partial charge in [0.25, 0.3) is 0 Å². The second-order valence-electron chi connectivity index (χ2n) is 3.83. The van der Waals surface area contributed by atoms with Crippen LogP contribution < -0.4 is 0 Å². The third kappa shape index (κ3) is 2.59. The Morgan fingerprint density at radius 3 is 2.60 bits per heavy atom. The van der Waals surface area contributed by atoms with Crippen LogP contribution in [0.15, 0.2) is 18.2 Å². The molecule has 0 spiro atoms. The van der Waals surface area contributed by atoms with E-state index < -0.39 is 0 Å². The Bertz CT molecular complexity index is 360. The molecule has 0 saturated heterocycles. The van der Waals surface area contributed by atoms with Crippen LogP contribution >= 0.6 is 0 Å². The molecule has 1 heteroatoms. The van der Waals surface area contributed by atoms with Crippen LogP contribution in [0.2, 0.25) is 0 Å². The van der Waals surface area contributed by atoms with E-state index in [0.29, 0.717) is 0 Å². The van der Waals surface area contributed by atoms with E-state index in [1.165, 1.54) is 17.0 Å². The molecule has 0 saturated carbocycles. The molecule has 0 atom stereocenters. The van der Waals surface area contributed by atoms with Crippen LogP contribution in [0.3, 0.4) is 0 Å². The summed E-state index contributed by atoms with van der Waals surface area (Å²) >= 11 is 0. The first-order chi connectivity index (χ1) is 7.24. The molecule has 0 unspecified atom stereocenters. The highest BCUT2D eigenvalue weighted by atomic mass is 14.3. The molecule has 0 fully saturated rings. The van der Waals surface area contributed by atoms with Gasteiger partial charge >= 0.3 is 0 Å². The number of hydrogen-bond acceptors (Lipinski definition) is 1. The largest absolute Gasteiger partial charge is 0.192 e. The minimum Gasteiger partial charge on any atom is -0.192 e. The number of benzene rings is 1. The maximum Gasteiger partial charge on any atom is 0.0994 e. The van der Waals surface area contributed by atoms with Crippen molar-refractivity contribution < 1.29 is 0 Å². The molecule has 0 aliphatic rings. The molecular weight excluding hydrogens is 182 g/mol. The van der Waals surface area contributed by atoms with E-state index in [0.717, 1.165) is 24.8 Å². The molecule has 1 aromatic carbocycles. The second-order valence-corrected chi connectivity index (χ2v) is 3.83. The van der Waals surface area contributed by atoms with Crippen molar-refractivity contribution in [1.29, 1.82) is 5.26 Å². The van der Waals surface area contributed by atoms with Crippen LogP contribution in [0.25, 0.3) is 0 Å². The topological polar surface area (TPSA) is 23.8 Å². The van der Waals surface area contributed by atoms with E-state index in [9.17, 15) is 0 Å². The van der Waals surface area contributed by atoms with Gasteiger partial charge in [0.1, 0.15) is 0 Å². The van der Waals surface area contributed by atoms with Crippen LogP contribution in [0.4, 0.5) is 0 Å². The van der Waals surface area contributed by atoms with Crippen molar-refractivity contribution in [2.75, 3.05) is 0 Å². The van der Waals surface area contributed by atoms with Gasteiger partial charge in [0.05, 0.1) is 11.6 Å². The normalized spacial score (nSPS) is 10.3. The smallest absolute Gasteiger partial charge is 0.0994 e. The van der Waals surface area contributed by atoms with E-state index in [4.69, 9.17) is 5.26 Å². The molecule has 1 nitrogen and oxygen atoms in total. The molecule has 0 aromatic heterocycles. The molecule has 79 valence electrons. The summed E-state index contributed by atoms with van der Waals surface area (Å²) in [6, 6.07) is 8.28. The quantitative estimate of drug-likeness (QED) is 0.724. The molecule has 0 amide bonds. The third-order valence-corrected chi connectivity index (χ3v) is 2.73. The van der Waals surface area contributed by atoms with Gasteiger partial charge in [0.15, 0.2) is 0 Å². The zero-order chi connectivity index (χ0) is 11.3. The van der Waals surface area contributed by atoms with Crippen LogP contribution in [0.1, 0.15) is 50.3 Å². The van der Waals surface area contributed by atoms with E-state index in [1.807, 2.05) is 12.1 Å². The van der Waals surface area contributed by atoms with E-state index >= 15 is 0 Å². The number of hydrogen-bond donors (Lipinski definition) is 0. The predicted molar refractivity (Wildman–Crippen MR) is 63.5 cm³/mol. The molecule has 1 aromatic rings. The van der Waals surface area contributed by atoms with Crippen molar-refractivity contribution in [2.24, 2.45) is 0 Å². The first-order valence-corrected chi connectivity index (χ1v) is 5.59. The highest BCUT2D eigenvalue weighted by Crippen LogP contribution is 2.25. The Labute approximate surface area is 92.7 Å². The summed E-state index contributed by atoms with van der Waals surface area (Å²) in [5.41, 5.74) is 3.30. The third-order valence-electron chi connectivity index (χ3n) is 2.73. The van der Waals surface area contributed by atoms with Gasteiger partial charge < -0.3 is 0 Å². The standard InChI is InChI=1S/C14H18N/c1-4-7-11(3)14-9-6-8-12(10-15)13(14)5-2/h6,8-9H,4-5,7H2,1-3H3.